The minimum atomic E-state index is -0.151. The van der Waals surface area contributed by atoms with Crippen LogP contribution in [0.3, 0.4) is 0 Å². The maximum atomic E-state index is 9.06. The molecular weight excluding hydrogens is 192 g/mol. The van der Waals surface area contributed by atoms with Crippen molar-refractivity contribution in [2.75, 3.05) is 33.0 Å². The Morgan fingerprint density at radius 2 is 1.33 bits per heavy atom. The summed E-state index contributed by atoms with van der Waals surface area (Å²) in [7, 11) is 0. The highest BCUT2D eigenvalue weighted by molar-refractivity contribution is 4.70. The van der Waals surface area contributed by atoms with Gasteiger partial charge >= 0.3 is 0 Å². The number of hydrogen-bond acceptors (Lipinski definition) is 3. The standard InChI is InChI=1S/C12H26O3/c1-6-14-9-12(4,5)10-15-8-11(2,3)7-13/h13H,6-10H2,1-5H3. The summed E-state index contributed by atoms with van der Waals surface area (Å²) in [5.41, 5.74) is -0.108. The molecule has 92 valence electrons. The Balaban J connectivity index is 3.74. The molecule has 0 atom stereocenters. The Kier molecular flexibility index (Phi) is 6.41. The second-order valence-corrected chi connectivity index (χ2v) is 5.62. The Labute approximate surface area is 93.8 Å². The van der Waals surface area contributed by atoms with Crippen LogP contribution in [-0.2, 0) is 9.47 Å². The highest BCUT2D eigenvalue weighted by atomic mass is 16.5. The van der Waals surface area contributed by atoms with Crippen LogP contribution in [0.2, 0.25) is 0 Å². The zero-order chi connectivity index (χ0) is 11.9. The number of ether oxygens (including phenoxy) is 2. The molecule has 1 N–H and O–H groups in total. The SMILES string of the molecule is CCOCC(C)(C)COCC(C)(C)CO. The molecule has 0 rings (SSSR count). The maximum Gasteiger partial charge on any atom is 0.0539 e. The van der Waals surface area contributed by atoms with Crippen molar-refractivity contribution in [3.05, 3.63) is 0 Å². The van der Waals surface area contributed by atoms with Gasteiger partial charge < -0.3 is 14.6 Å². The monoisotopic (exact) mass is 218 g/mol. The van der Waals surface area contributed by atoms with Crippen LogP contribution in [-0.4, -0.2) is 38.1 Å². The molecule has 15 heavy (non-hydrogen) atoms. The van der Waals surface area contributed by atoms with E-state index in [1.165, 1.54) is 0 Å². The van der Waals surface area contributed by atoms with Gasteiger partial charge in [0.1, 0.15) is 0 Å². The highest BCUT2D eigenvalue weighted by Gasteiger charge is 2.22. The molecule has 0 bridgehead atoms. The lowest BCUT2D eigenvalue weighted by atomic mass is 9.94. The number of rotatable bonds is 8. The Morgan fingerprint density at radius 3 is 1.80 bits per heavy atom. The topological polar surface area (TPSA) is 38.7 Å². The summed E-state index contributed by atoms with van der Waals surface area (Å²) in [5.74, 6) is 0. The molecule has 0 aliphatic carbocycles. The van der Waals surface area contributed by atoms with Crippen molar-refractivity contribution >= 4 is 0 Å². The van der Waals surface area contributed by atoms with E-state index in [0.717, 1.165) is 6.61 Å². The molecule has 0 amide bonds. The minimum Gasteiger partial charge on any atom is -0.396 e. The molecule has 0 spiro atoms. The van der Waals surface area contributed by atoms with Crippen molar-refractivity contribution in [2.45, 2.75) is 34.6 Å². The molecule has 0 aliphatic rings. The largest absolute Gasteiger partial charge is 0.396 e. The first-order valence-electron chi connectivity index (χ1n) is 5.59. The number of hydrogen-bond donors (Lipinski definition) is 1. The first-order valence-corrected chi connectivity index (χ1v) is 5.59. The zero-order valence-electron chi connectivity index (χ0n) is 10.8. The van der Waals surface area contributed by atoms with E-state index in [9.17, 15) is 0 Å². The average Bonchev–Trinajstić information content (AvgIpc) is 2.14. The molecule has 0 radical (unpaired) electrons. The van der Waals surface area contributed by atoms with Crippen molar-refractivity contribution in [3.63, 3.8) is 0 Å². The lowest BCUT2D eigenvalue weighted by molar-refractivity contribution is -0.0336. The summed E-state index contributed by atoms with van der Waals surface area (Å²) in [6, 6.07) is 0. The van der Waals surface area contributed by atoms with E-state index in [0.29, 0.717) is 19.8 Å². The summed E-state index contributed by atoms with van der Waals surface area (Å²) in [6.07, 6.45) is 0. The second kappa shape index (κ2) is 6.46. The van der Waals surface area contributed by atoms with Crippen molar-refractivity contribution < 1.29 is 14.6 Å². The Morgan fingerprint density at radius 1 is 0.867 bits per heavy atom. The van der Waals surface area contributed by atoms with Gasteiger partial charge in [-0.05, 0) is 6.92 Å². The summed E-state index contributed by atoms with van der Waals surface area (Å²) >= 11 is 0. The van der Waals surface area contributed by atoms with E-state index in [1.54, 1.807) is 0 Å². The van der Waals surface area contributed by atoms with Crippen molar-refractivity contribution in [1.82, 2.24) is 0 Å². The van der Waals surface area contributed by atoms with Crippen LogP contribution in [0.4, 0.5) is 0 Å². The van der Waals surface area contributed by atoms with Gasteiger partial charge in [-0.15, -0.1) is 0 Å². The van der Waals surface area contributed by atoms with Gasteiger partial charge in [0.05, 0.1) is 26.4 Å². The third-order valence-corrected chi connectivity index (χ3v) is 2.11. The van der Waals surface area contributed by atoms with Crippen molar-refractivity contribution in [3.8, 4) is 0 Å². The molecule has 0 aromatic rings. The van der Waals surface area contributed by atoms with Crippen LogP contribution >= 0.6 is 0 Å². The number of aliphatic hydroxyl groups excluding tert-OH is 1. The van der Waals surface area contributed by atoms with Gasteiger partial charge in [-0.1, -0.05) is 27.7 Å². The maximum absolute atomic E-state index is 9.06. The predicted octanol–water partition coefficient (Wildman–Crippen LogP) is 2.08. The first-order chi connectivity index (χ1) is 6.83. The van der Waals surface area contributed by atoms with Gasteiger partial charge in [-0.25, -0.2) is 0 Å². The summed E-state index contributed by atoms with van der Waals surface area (Å²) in [4.78, 5) is 0. The fourth-order valence-electron chi connectivity index (χ4n) is 1.07. The van der Waals surface area contributed by atoms with E-state index < -0.39 is 0 Å². The van der Waals surface area contributed by atoms with E-state index in [2.05, 4.69) is 13.8 Å². The summed E-state index contributed by atoms with van der Waals surface area (Å²) < 4.78 is 11.0. The zero-order valence-corrected chi connectivity index (χ0v) is 10.8. The fourth-order valence-corrected chi connectivity index (χ4v) is 1.07. The Hall–Kier alpha value is -0.120. The lowest BCUT2D eigenvalue weighted by Gasteiger charge is -2.27. The molecule has 0 aliphatic heterocycles. The van der Waals surface area contributed by atoms with Gasteiger partial charge in [0.2, 0.25) is 0 Å². The van der Waals surface area contributed by atoms with Crippen LogP contribution in [0.25, 0.3) is 0 Å². The van der Waals surface area contributed by atoms with E-state index in [4.69, 9.17) is 14.6 Å². The molecule has 0 saturated heterocycles. The fraction of sp³-hybridized carbons (Fsp3) is 1.00. The molecule has 0 saturated carbocycles. The quantitative estimate of drug-likeness (QED) is 0.678. The van der Waals surface area contributed by atoms with Gasteiger partial charge in [-0.3, -0.25) is 0 Å². The minimum absolute atomic E-state index is 0.0432. The molecule has 0 fully saturated rings. The van der Waals surface area contributed by atoms with Gasteiger partial charge in [0, 0.05) is 17.4 Å². The van der Waals surface area contributed by atoms with Gasteiger partial charge in [0.15, 0.2) is 0 Å². The van der Waals surface area contributed by atoms with Crippen LogP contribution < -0.4 is 0 Å². The van der Waals surface area contributed by atoms with Gasteiger partial charge in [0.25, 0.3) is 0 Å². The smallest absolute Gasteiger partial charge is 0.0539 e. The molecule has 0 aromatic carbocycles. The second-order valence-electron chi connectivity index (χ2n) is 5.62. The molecule has 0 heterocycles. The molecule has 0 aromatic heterocycles. The summed E-state index contributed by atoms with van der Waals surface area (Å²) in [5, 5.41) is 9.06. The first kappa shape index (κ1) is 14.9. The molecular formula is C12H26O3. The normalized spacial score (nSPS) is 13.2. The van der Waals surface area contributed by atoms with Crippen LogP contribution in [0.15, 0.2) is 0 Å². The highest BCUT2D eigenvalue weighted by Crippen LogP contribution is 2.19. The predicted molar refractivity (Wildman–Crippen MR) is 62.0 cm³/mol. The van der Waals surface area contributed by atoms with Crippen molar-refractivity contribution in [1.29, 1.82) is 0 Å². The Bertz CT molecular complexity index is 164. The summed E-state index contributed by atoms with van der Waals surface area (Å²) in [6.45, 7) is 13.1. The third kappa shape index (κ3) is 7.77. The van der Waals surface area contributed by atoms with E-state index >= 15 is 0 Å². The van der Waals surface area contributed by atoms with Crippen LogP contribution in [0.1, 0.15) is 34.6 Å². The third-order valence-electron chi connectivity index (χ3n) is 2.11. The van der Waals surface area contributed by atoms with E-state index in [-0.39, 0.29) is 17.4 Å². The molecule has 3 nitrogen and oxygen atoms in total. The molecule has 0 unspecified atom stereocenters. The van der Waals surface area contributed by atoms with Crippen LogP contribution in [0.5, 0.6) is 0 Å². The van der Waals surface area contributed by atoms with Gasteiger partial charge in [-0.2, -0.15) is 0 Å². The number of aliphatic hydroxyl groups is 1. The molecule has 3 heteroatoms. The lowest BCUT2D eigenvalue weighted by Crippen LogP contribution is -2.30. The van der Waals surface area contributed by atoms with Crippen molar-refractivity contribution in [2.24, 2.45) is 10.8 Å². The van der Waals surface area contributed by atoms with Crippen LogP contribution in [0, 0.1) is 10.8 Å². The van der Waals surface area contributed by atoms with E-state index in [1.807, 2.05) is 20.8 Å². The average molecular weight is 218 g/mol.